The molecule has 2 atom stereocenters. The van der Waals surface area contributed by atoms with Crippen LogP contribution >= 0.6 is 0 Å². The van der Waals surface area contributed by atoms with E-state index in [4.69, 9.17) is 5.11 Å². The van der Waals surface area contributed by atoms with Gasteiger partial charge in [-0.3, -0.25) is 0 Å². The third-order valence-electron chi connectivity index (χ3n) is 2.09. The van der Waals surface area contributed by atoms with Crippen LogP contribution in [0.3, 0.4) is 0 Å². The highest BCUT2D eigenvalue weighted by atomic mass is 16.3. The summed E-state index contributed by atoms with van der Waals surface area (Å²) < 4.78 is 0. The Bertz CT molecular complexity index is 139. The summed E-state index contributed by atoms with van der Waals surface area (Å²) in [4.78, 5) is 0. The van der Waals surface area contributed by atoms with E-state index in [1.165, 1.54) is 5.57 Å². The van der Waals surface area contributed by atoms with Gasteiger partial charge in [-0.2, -0.15) is 0 Å². The Morgan fingerprint density at radius 3 is 2.42 bits per heavy atom. The van der Waals surface area contributed by atoms with Crippen LogP contribution < -0.4 is 5.32 Å². The lowest BCUT2D eigenvalue weighted by atomic mass is 10.1. The van der Waals surface area contributed by atoms with E-state index in [9.17, 15) is 0 Å². The first-order valence-corrected chi connectivity index (χ1v) is 4.55. The average molecular weight is 171 g/mol. The molecule has 12 heavy (non-hydrogen) atoms. The maximum Gasteiger partial charge on any atom is 0.0471 e. The lowest BCUT2D eigenvalue weighted by Crippen LogP contribution is -2.33. The van der Waals surface area contributed by atoms with Crippen LogP contribution in [0.4, 0.5) is 0 Å². The summed E-state index contributed by atoms with van der Waals surface area (Å²) in [6, 6.07) is 0.380. The molecule has 0 heterocycles. The summed E-state index contributed by atoms with van der Waals surface area (Å²) in [6.07, 6.45) is 2.15. The van der Waals surface area contributed by atoms with Gasteiger partial charge in [0, 0.05) is 19.2 Å². The van der Waals surface area contributed by atoms with Crippen LogP contribution in [0.2, 0.25) is 0 Å². The van der Waals surface area contributed by atoms with Gasteiger partial charge in [-0.1, -0.05) is 18.6 Å². The average Bonchev–Trinajstić information content (AvgIpc) is 2.02. The van der Waals surface area contributed by atoms with E-state index in [-0.39, 0.29) is 6.61 Å². The summed E-state index contributed by atoms with van der Waals surface area (Å²) in [7, 11) is 0. The van der Waals surface area contributed by atoms with Gasteiger partial charge in [-0.05, 0) is 26.7 Å². The zero-order valence-corrected chi connectivity index (χ0v) is 8.59. The number of hydrogen-bond donors (Lipinski definition) is 2. The second-order valence-corrected chi connectivity index (χ2v) is 3.64. The molecule has 0 spiro atoms. The Morgan fingerprint density at radius 1 is 1.42 bits per heavy atom. The van der Waals surface area contributed by atoms with Crippen LogP contribution in [-0.4, -0.2) is 24.3 Å². The van der Waals surface area contributed by atoms with E-state index in [1.54, 1.807) is 0 Å². The van der Waals surface area contributed by atoms with Gasteiger partial charge in [0.05, 0.1) is 0 Å². The maximum absolute atomic E-state index is 8.86. The van der Waals surface area contributed by atoms with Gasteiger partial charge in [0.1, 0.15) is 0 Å². The summed E-state index contributed by atoms with van der Waals surface area (Å²) in [6.45, 7) is 9.46. The quantitative estimate of drug-likeness (QED) is 0.615. The zero-order chi connectivity index (χ0) is 9.56. The van der Waals surface area contributed by atoms with Crippen molar-refractivity contribution in [2.75, 3.05) is 13.2 Å². The van der Waals surface area contributed by atoms with Crippen LogP contribution in [0.25, 0.3) is 0 Å². The van der Waals surface area contributed by atoms with Crippen molar-refractivity contribution in [1.29, 1.82) is 0 Å². The molecule has 0 amide bonds. The van der Waals surface area contributed by atoms with Gasteiger partial charge in [0.25, 0.3) is 0 Å². The molecule has 0 saturated carbocycles. The maximum atomic E-state index is 8.86. The fourth-order valence-electron chi connectivity index (χ4n) is 0.808. The molecule has 0 aliphatic carbocycles. The molecule has 2 N–H and O–H groups in total. The zero-order valence-electron chi connectivity index (χ0n) is 8.59. The second-order valence-electron chi connectivity index (χ2n) is 3.64. The topological polar surface area (TPSA) is 32.3 Å². The smallest absolute Gasteiger partial charge is 0.0471 e. The molecule has 0 aromatic carbocycles. The van der Waals surface area contributed by atoms with Gasteiger partial charge in [0.15, 0.2) is 0 Å². The first kappa shape index (κ1) is 11.7. The Morgan fingerprint density at radius 2 is 2.00 bits per heavy atom. The number of aliphatic hydroxyl groups is 1. The monoisotopic (exact) mass is 171 g/mol. The highest BCUT2D eigenvalue weighted by Gasteiger charge is 2.08. The van der Waals surface area contributed by atoms with Gasteiger partial charge < -0.3 is 10.4 Å². The molecule has 2 unspecified atom stereocenters. The van der Waals surface area contributed by atoms with Crippen molar-refractivity contribution in [2.24, 2.45) is 5.92 Å². The SMILES string of the molecule is CC(C)=CCNC(C)C(C)CO. The third-order valence-corrected chi connectivity index (χ3v) is 2.09. The molecule has 0 aliphatic rings. The van der Waals surface area contributed by atoms with E-state index in [1.807, 2.05) is 6.92 Å². The molecule has 2 nitrogen and oxygen atoms in total. The van der Waals surface area contributed by atoms with Crippen molar-refractivity contribution in [3.05, 3.63) is 11.6 Å². The number of nitrogens with one attached hydrogen (secondary N) is 1. The van der Waals surface area contributed by atoms with Gasteiger partial charge in [-0.15, -0.1) is 0 Å². The van der Waals surface area contributed by atoms with Crippen LogP contribution in [0.15, 0.2) is 11.6 Å². The van der Waals surface area contributed by atoms with E-state index >= 15 is 0 Å². The van der Waals surface area contributed by atoms with Crippen LogP contribution in [-0.2, 0) is 0 Å². The lowest BCUT2D eigenvalue weighted by molar-refractivity contribution is 0.209. The summed E-state index contributed by atoms with van der Waals surface area (Å²) in [5.74, 6) is 0.329. The molecule has 2 heteroatoms. The summed E-state index contributed by atoms with van der Waals surface area (Å²) in [5, 5.41) is 12.2. The molecule has 0 saturated heterocycles. The largest absolute Gasteiger partial charge is 0.396 e. The van der Waals surface area contributed by atoms with Crippen molar-refractivity contribution >= 4 is 0 Å². The predicted molar refractivity (Wildman–Crippen MR) is 53.1 cm³/mol. The van der Waals surface area contributed by atoms with E-state index in [0.717, 1.165) is 6.54 Å². The molecule has 0 rings (SSSR count). The molecule has 0 aromatic heterocycles. The summed E-state index contributed by atoms with van der Waals surface area (Å²) in [5.41, 5.74) is 1.33. The Kier molecular flexibility index (Phi) is 6.03. The summed E-state index contributed by atoms with van der Waals surface area (Å²) >= 11 is 0. The Labute approximate surface area is 75.7 Å². The fraction of sp³-hybridized carbons (Fsp3) is 0.800. The van der Waals surface area contributed by atoms with Crippen LogP contribution in [0.1, 0.15) is 27.7 Å². The molecule has 0 radical (unpaired) electrons. The van der Waals surface area contributed by atoms with Crippen molar-refractivity contribution in [3.8, 4) is 0 Å². The molecular formula is C10H21NO. The Hall–Kier alpha value is -0.340. The Balaban J connectivity index is 3.57. The second kappa shape index (κ2) is 6.21. The number of aliphatic hydroxyl groups excluding tert-OH is 1. The number of hydrogen-bond acceptors (Lipinski definition) is 2. The van der Waals surface area contributed by atoms with Gasteiger partial charge >= 0.3 is 0 Å². The van der Waals surface area contributed by atoms with Crippen molar-refractivity contribution < 1.29 is 5.11 Å². The van der Waals surface area contributed by atoms with Gasteiger partial charge in [0.2, 0.25) is 0 Å². The minimum Gasteiger partial charge on any atom is -0.396 e. The first-order valence-electron chi connectivity index (χ1n) is 4.55. The first-order chi connectivity index (χ1) is 5.57. The lowest BCUT2D eigenvalue weighted by Gasteiger charge is -2.18. The molecular weight excluding hydrogens is 150 g/mol. The molecule has 0 aliphatic heterocycles. The fourth-order valence-corrected chi connectivity index (χ4v) is 0.808. The van der Waals surface area contributed by atoms with Crippen molar-refractivity contribution in [1.82, 2.24) is 5.32 Å². The van der Waals surface area contributed by atoms with Crippen LogP contribution in [0.5, 0.6) is 0 Å². The third kappa shape index (κ3) is 5.33. The van der Waals surface area contributed by atoms with E-state index in [0.29, 0.717) is 12.0 Å². The minimum absolute atomic E-state index is 0.253. The standard InChI is InChI=1S/C10H21NO/c1-8(2)5-6-11-10(4)9(3)7-12/h5,9-12H,6-7H2,1-4H3. The highest BCUT2D eigenvalue weighted by Crippen LogP contribution is 2.00. The minimum atomic E-state index is 0.253. The van der Waals surface area contributed by atoms with Crippen molar-refractivity contribution in [2.45, 2.75) is 33.7 Å². The molecule has 72 valence electrons. The molecule has 0 fully saturated rings. The molecule has 0 aromatic rings. The molecule has 0 bridgehead atoms. The van der Waals surface area contributed by atoms with Gasteiger partial charge in [-0.25, -0.2) is 0 Å². The normalized spacial score (nSPS) is 15.4. The van der Waals surface area contributed by atoms with Crippen LogP contribution in [0, 0.1) is 5.92 Å². The number of rotatable bonds is 5. The highest BCUT2D eigenvalue weighted by molar-refractivity contribution is 4.94. The van der Waals surface area contributed by atoms with E-state index in [2.05, 4.69) is 32.2 Å². The number of allylic oxidation sites excluding steroid dienone is 1. The predicted octanol–water partition coefficient (Wildman–Crippen LogP) is 1.56. The van der Waals surface area contributed by atoms with Crippen molar-refractivity contribution in [3.63, 3.8) is 0 Å². The van der Waals surface area contributed by atoms with E-state index < -0.39 is 0 Å².